The van der Waals surface area contributed by atoms with Gasteiger partial charge in [-0.25, -0.2) is 0 Å². The molecule has 0 saturated carbocycles. The van der Waals surface area contributed by atoms with Crippen LogP contribution in [0.2, 0.25) is 0 Å². The van der Waals surface area contributed by atoms with Crippen molar-refractivity contribution in [2.75, 3.05) is 13.1 Å². The van der Waals surface area contributed by atoms with Crippen molar-refractivity contribution in [1.82, 2.24) is 9.88 Å². The van der Waals surface area contributed by atoms with E-state index in [2.05, 4.69) is 28.2 Å². The fourth-order valence-corrected chi connectivity index (χ4v) is 1.16. The monoisotopic (exact) mass is 160 g/mol. The predicted molar refractivity (Wildman–Crippen MR) is 49.5 cm³/mol. The highest BCUT2D eigenvalue weighted by Gasteiger charge is 2.07. The normalized spacial score (nSPS) is 16.5. The van der Waals surface area contributed by atoms with Crippen LogP contribution in [-0.2, 0) is 0 Å². The first-order valence-electron chi connectivity index (χ1n) is 4.27. The van der Waals surface area contributed by atoms with E-state index in [9.17, 15) is 0 Å². The zero-order valence-corrected chi connectivity index (χ0v) is 6.98. The third-order valence-electron chi connectivity index (χ3n) is 2.05. The lowest BCUT2D eigenvalue weighted by Crippen LogP contribution is -2.31. The molecule has 1 aromatic heterocycles. The van der Waals surface area contributed by atoms with Gasteiger partial charge in [0.1, 0.15) is 0 Å². The minimum Gasteiger partial charge on any atom is -0.377 e. The minimum atomic E-state index is 1.17. The van der Waals surface area contributed by atoms with Gasteiger partial charge in [-0.2, -0.15) is 0 Å². The zero-order chi connectivity index (χ0) is 8.23. The summed E-state index contributed by atoms with van der Waals surface area (Å²) in [7, 11) is 0. The van der Waals surface area contributed by atoms with Crippen molar-refractivity contribution in [2.45, 2.75) is 6.42 Å². The Bertz CT molecular complexity index is 262. The van der Waals surface area contributed by atoms with Gasteiger partial charge in [-0.1, -0.05) is 6.07 Å². The fourth-order valence-electron chi connectivity index (χ4n) is 1.16. The average molecular weight is 160 g/mol. The molecule has 12 heavy (non-hydrogen) atoms. The molecule has 1 aromatic rings. The molecule has 0 amide bonds. The molecule has 2 heterocycles. The molecule has 2 nitrogen and oxygen atoms in total. The van der Waals surface area contributed by atoms with Gasteiger partial charge in [-0.3, -0.25) is 4.98 Å². The molecule has 0 atom stereocenters. The van der Waals surface area contributed by atoms with Crippen LogP contribution in [-0.4, -0.2) is 23.0 Å². The van der Waals surface area contributed by atoms with E-state index in [-0.39, 0.29) is 0 Å². The number of hydrogen-bond acceptors (Lipinski definition) is 2. The molecule has 0 bridgehead atoms. The maximum atomic E-state index is 4.04. The van der Waals surface area contributed by atoms with Gasteiger partial charge in [-0.15, -0.1) is 0 Å². The lowest BCUT2D eigenvalue weighted by Gasteiger charge is -2.29. The van der Waals surface area contributed by atoms with E-state index in [1.54, 1.807) is 6.20 Å². The maximum absolute atomic E-state index is 4.04. The van der Waals surface area contributed by atoms with Crippen molar-refractivity contribution in [3.05, 3.63) is 36.3 Å². The lowest BCUT2D eigenvalue weighted by molar-refractivity contribution is 0.265. The van der Waals surface area contributed by atoms with Crippen LogP contribution in [0.15, 0.2) is 30.7 Å². The van der Waals surface area contributed by atoms with Crippen molar-refractivity contribution in [2.24, 2.45) is 0 Å². The quantitative estimate of drug-likeness (QED) is 0.655. The maximum Gasteiger partial charge on any atom is 0.0340 e. The molecule has 1 saturated heterocycles. The summed E-state index contributed by atoms with van der Waals surface area (Å²) in [4.78, 5) is 6.34. The van der Waals surface area contributed by atoms with E-state index in [0.29, 0.717) is 0 Å². The number of pyridine rings is 1. The molecule has 0 unspecified atom stereocenters. The highest BCUT2D eigenvalue weighted by molar-refractivity contribution is 5.46. The van der Waals surface area contributed by atoms with Gasteiger partial charge in [0.05, 0.1) is 0 Å². The van der Waals surface area contributed by atoms with Gasteiger partial charge >= 0.3 is 0 Å². The summed E-state index contributed by atoms with van der Waals surface area (Å²) < 4.78 is 0. The van der Waals surface area contributed by atoms with Gasteiger partial charge in [0.15, 0.2) is 0 Å². The highest BCUT2D eigenvalue weighted by Crippen LogP contribution is 2.08. The average Bonchev–Trinajstić information content (AvgIpc) is 2.04. The molecule has 0 aromatic carbocycles. The topological polar surface area (TPSA) is 16.1 Å². The molecule has 1 aliphatic heterocycles. The number of hydrogen-bond donors (Lipinski definition) is 0. The van der Waals surface area contributed by atoms with E-state index in [4.69, 9.17) is 0 Å². The summed E-state index contributed by atoms with van der Waals surface area (Å²) in [6.07, 6.45) is 9.24. The van der Waals surface area contributed by atoms with Crippen LogP contribution in [0.25, 0.3) is 6.08 Å². The van der Waals surface area contributed by atoms with E-state index < -0.39 is 0 Å². The van der Waals surface area contributed by atoms with E-state index in [0.717, 1.165) is 0 Å². The Kier molecular flexibility index (Phi) is 2.08. The van der Waals surface area contributed by atoms with Crippen LogP contribution in [0.4, 0.5) is 0 Å². The molecule has 0 radical (unpaired) electrons. The molecule has 0 aliphatic carbocycles. The number of rotatable bonds is 2. The summed E-state index contributed by atoms with van der Waals surface area (Å²) >= 11 is 0. The second-order valence-corrected chi connectivity index (χ2v) is 2.99. The van der Waals surface area contributed by atoms with Crippen molar-refractivity contribution in [3.8, 4) is 0 Å². The second-order valence-electron chi connectivity index (χ2n) is 2.99. The lowest BCUT2D eigenvalue weighted by atomic mass is 10.2. The third-order valence-corrected chi connectivity index (χ3v) is 2.05. The van der Waals surface area contributed by atoms with Crippen LogP contribution in [0.3, 0.4) is 0 Å². The van der Waals surface area contributed by atoms with Gasteiger partial charge in [-0.05, 0) is 30.3 Å². The Morgan fingerprint density at radius 1 is 1.42 bits per heavy atom. The van der Waals surface area contributed by atoms with E-state index >= 15 is 0 Å². The summed E-state index contributed by atoms with van der Waals surface area (Å²) in [5.41, 5.74) is 1.17. The Morgan fingerprint density at radius 2 is 2.33 bits per heavy atom. The van der Waals surface area contributed by atoms with Crippen molar-refractivity contribution in [3.63, 3.8) is 0 Å². The van der Waals surface area contributed by atoms with Crippen molar-refractivity contribution < 1.29 is 0 Å². The van der Waals surface area contributed by atoms with Crippen LogP contribution >= 0.6 is 0 Å². The van der Waals surface area contributed by atoms with Gasteiger partial charge < -0.3 is 4.90 Å². The van der Waals surface area contributed by atoms with Crippen LogP contribution in [0, 0.1) is 0 Å². The SMILES string of the molecule is C(=CN1CCC1)c1cccnc1. The van der Waals surface area contributed by atoms with Crippen LogP contribution in [0.5, 0.6) is 0 Å². The highest BCUT2D eigenvalue weighted by atomic mass is 15.1. The first-order chi connectivity index (χ1) is 5.95. The molecule has 2 rings (SSSR count). The first-order valence-corrected chi connectivity index (χ1v) is 4.27. The Balaban J connectivity index is 1.98. The molecule has 62 valence electrons. The molecular formula is C10H12N2. The summed E-state index contributed by atoms with van der Waals surface area (Å²) in [5, 5.41) is 0. The Hall–Kier alpha value is -1.31. The van der Waals surface area contributed by atoms with Crippen molar-refractivity contribution in [1.29, 1.82) is 0 Å². The van der Waals surface area contributed by atoms with Crippen LogP contribution < -0.4 is 0 Å². The Labute approximate surface area is 72.5 Å². The van der Waals surface area contributed by atoms with Crippen molar-refractivity contribution >= 4 is 6.08 Å². The number of aromatic nitrogens is 1. The largest absolute Gasteiger partial charge is 0.377 e. The molecule has 2 heteroatoms. The summed E-state index contributed by atoms with van der Waals surface area (Å²) in [6, 6.07) is 4.01. The number of nitrogens with zero attached hydrogens (tertiary/aromatic N) is 2. The standard InChI is InChI=1S/C10H12N2/c1-3-10(9-11-5-1)4-8-12-6-2-7-12/h1,3-5,8-9H,2,6-7H2. The zero-order valence-electron chi connectivity index (χ0n) is 6.98. The first kappa shape index (κ1) is 7.35. The van der Waals surface area contributed by atoms with Gasteiger partial charge in [0.2, 0.25) is 0 Å². The van der Waals surface area contributed by atoms with E-state index in [1.165, 1.54) is 25.1 Å². The molecule has 1 fully saturated rings. The predicted octanol–water partition coefficient (Wildman–Crippen LogP) is 1.76. The molecule has 1 aliphatic rings. The van der Waals surface area contributed by atoms with Gasteiger partial charge in [0.25, 0.3) is 0 Å². The smallest absolute Gasteiger partial charge is 0.0340 e. The third kappa shape index (κ3) is 1.64. The summed E-state index contributed by atoms with van der Waals surface area (Å²) in [5.74, 6) is 0. The molecule has 0 N–H and O–H groups in total. The number of likely N-dealkylation sites (tertiary alicyclic amines) is 1. The minimum absolute atomic E-state index is 1.17. The Morgan fingerprint density at radius 3 is 2.92 bits per heavy atom. The van der Waals surface area contributed by atoms with E-state index in [1.807, 2.05) is 12.3 Å². The second kappa shape index (κ2) is 3.39. The summed E-state index contributed by atoms with van der Waals surface area (Å²) in [6.45, 7) is 2.41. The molecule has 0 spiro atoms. The van der Waals surface area contributed by atoms with Gasteiger partial charge in [0, 0.05) is 25.5 Å². The fraction of sp³-hybridized carbons (Fsp3) is 0.300. The molecular weight excluding hydrogens is 148 g/mol. The van der Waals surface area contributed by atoms with Crippen LogP contribution in [0.1, 0.15) is 12.0 Å².